The summed E-state index contributed by atoms with van der Waals surface area (Å²) in [5, 5.41) is 9.05. The Morgan fingerprint density at radius 1 is 0.735 bits per heavy atom. The number of aromatic nitrogens is 4. The van der Waals surface area contributed by atoms with Crippen LogP contribution in [0, 0.1) is 0 Å². The number of anilines is 4. The van der Waals surface area contributed by atoms with Gasteiger partial charge in [0, 0.05) is 33.3 Å². The van der Waals surface area contributed by atoms with Crippen LogP contribution in [-0.4, -0.2) is 49.5 Å². The summed E-state index contributed by atoms with van der Waals surface area (Å²) in [6.07, 6.45) is 0. The SMILES string of the molecule is CNc1cc(NS(=O)(=O)c2ccc(C(C)(C)C)cc2)nc(NC)n1.CNc1nc(Cl)cc(Cl)n1. The van der Waals surface area contributed by atoms with Crippen molar-refractivity contribution in [3.8, 4) is 0 Å². The minimum Gasteiger partial charge on any atom is -0.373 e. The number of halogens is 2. The van der Waals surface area contributed by atoms with E-state index in [4.69, 9.17) is 23.2 Å². The fourth-order valence-corrected chi connectivity index (χ4v) is 3.99. The molecule has 0 aliphatic carbocycles. The van der Waals surface area contributed by atoms with Crippen LogP contribution in [0.4, 0.5) is 23.5 Å². The minimum atomic E-state index is -3.72. The summed E-state index contributed by atoms with van der Waals surface area (Å²) in [6.45, 7) is 6.23. The van der Waals surface area contributed by atoms with E-state index in [0.717, 1.165) is 5.56 Å². The molecule has 0 spiro atoms. The van der Waals surface area contributed by atoms with E-state index in [0.29, 0.717) is 28.0 Å². The monoisotopic (exact) mass is 526 g/mol. The van der Waals surface area contributed by atoms with Crippen molar-refractivity contribution in [3.63, 3.8) is 0 Å². The molecule has 3 rings (SSSR count). The van der Waals surface area contributed by atoms with E-state index >= 15 is 0 Å². The molecule has 0 saturated carbocycles. The van der Waals surface area contributed by atoms with Crippen LogP contribution in [-0.2, 0) is 15.4 Å². The second kappa shape index (κ2) is 11.5. The van der Waals surface area contributed by atoms with Crippen molar-refractivity contribution in [2.75, 3.05) is 41.8 Å². The van der Waals surface area contributed by atoms with Crippen LogP contribution in [0.3, 0.4) is 0 Å². The molecule has 2 aromatic heterocycles. The number of rotatable bonds is 6. The normalized spacial score (nSPS) is 11.2. The molecular formula is C21H28Cl2N8O2S. The zero-order valence-electron chi connectivity index (χ0n) is 19.7. The first kappa shape index (κ1) is 27.4. The Kier molecular flexibility index (Phi) is 9.25. The second-order valence-electron chi connectivity index (χ2n) is 7.93. The van der Waals surface area contributed by atoms with Crippen molar-refractivity contribution < 1.29 is 8.42 Å². The van der Waals surface area contributed by atoms with Crippen LogP contribution < -0.4 is 20.7 Å². The lowest BCUT2D eigenvalue weighted by molar-refractivity contribution is 0.587. The second-order valence-corrected chi connectivity index (χ2v) is 10.4. The molecular weight excluding hydrogens is 499 g/mol. The van der Waals surface area contributed by atoms with Gasteiger partial charge in [0.05, 0.1) is 4.90 Å². The first-order chi connectivity index (χ1) is 15.9. The summed E-state index contributed by atoms with van der Waals surface area (Å²) in [4.78, 5) is 16.1. The van der Waals surface area contributed by atoms with Crippen molar-refractivity contribution in [2.24, 2.45) is 0 Å². The Morgan fingerprint density at radius 3 is 1.71 bits per heavy atom. The van der Waals surface area contributed by atoms with Gasteiger partial charge in [0.2, 0.25) is 11.9 Å². The molecule has 184 valence electrons. The summed E-state index contributed by atoms with van der Waals surface area (Å²) in [5.41, 5.74) is 1.03. The van der Waals surface area contributed by atoms with E-state index in [1.165, 1.54) is 12.1 Å². The Labute approximate surface area is 210 Å². The molecule has 0 aliphatic heterocycles. The molecule has 0 saturated heterocycles. The van der Waals surface area contributed by atoms with Gasteiger partial charge in [-0.2, -0.15) is 9.97 Å². The van der Waals surface area contributed by atoms with Crippen LogP contribution in [0.2, 0.25) is 10.3 Å². The highest BCUT2D eigenvalue weighted by Gasteiger charge is 2.18. The third-order valence-corrected chi connectivity index (χ3v) is 6.12. The van der Waals surface area contributed by atoms with Crippen molar-refractivity contribution in [3.05, 3.63) is 52.3 Å². The number of hydrogen-bond donors (Lipinski definition) is 4. The van der Waals surface area contributed by atoms with Crippen LogP contribution in [0.5, 0.6) is 0 Å². The quantitative estimate of drug-likeness (QED) is 0.342. The molecule has 1 aromatic carbocycles. The van der Waals surface area contributed by atoms with Crippen LogP contribution in [0.25, 0.3) is 0 Å². The van der Waals surface area contributed by atoms with E-state index in [9.17, 15) is 8.42 Å². The highest BCUT2D eigenvalue weighted by Crippen LogP contribution is 2.24. The van der Waals surface area contributed by atoms with Gasteiger partial charge in [0.15, 0.2) is 0 Å². The van der Waals surface area contributed by atoms with Gasteiger partial charge in [0.25, 0.3) is 10.0 Å². The van der Waals surface area contributed by atoms with Gasteiger partial charge in [0.1, 0.15) is 21.9 Å². The molecule has 0 atom stereocenters. The molecule has 34 heavy (non-hydrogen) atoms. The first-order valence-corrected chi connectivity index (χ1v) is 12.4. The largest absolute Gasteiger partial charge is 0.373 e. The fourth-order valence-electron chi connectivity index (χ4n) is 2.57. The van der Waals surface area contributed by atoms with Crippen molar-refractivity contribution in [2.45, 2.75) is 31.1 Å². The number of nitrogens with one attached hydrogen (secondary N) is 4. The van der Waals surface area contributed by atoms with Crippen molar-refractivity contribution >= 4 is 56.8 Å². The summed E-state index contributed by atoms with van der Waals surface area (Å²) < 4.78 is 27.6. The molecule has 0 aliphatic rings. The zero-order valence-corrected chi connectivity index (χ0v) is 22.1. The molecule has 2 heterocycles. The van der Waals surface area contributed by atoms with Crippen molar-refractivity contribution in [1.82, 2.24) is 19.9 Å². The molecule has 0 bridgehead atoms. The van der Waals surface area contributed by atoms with Gasteiger partial charge in [-0.1, -0.05) is 56.1 Å². The standard InChI is InChI=1S/C16H23N5O2S.C5H5Cl2N3/c1-16(2,3)11-6-8-12(9-7-11)24(22,23)21-14-10-13(17-4)19-15(18-5)20-14;1-8-5-9-3(6)2-4(7)10-5/h6-10H,1-5H3,(H3,17,18,19,20,21);2H,1H3,(H,8,9,10). The van der Waals surface area contributed by atoms with E-state index in [1.807, 2.05) is 12.1 Å². The third-order valence-electron chi connectivity index (χ3n) is 4.36. The molecule has 4 N–H and O–H groups in total. The van der Waals surface area contributed by atoms with E-state index in [1.54, 1.807) is 33.3 Å². The average Bonchev–Trinajstić information content (AvgIpc) is 2.77. The molecule has 13 heteroatoms. The Morgan fingerprint density at radius 2 is 1.24 bits per heavy atom. The highest BCUT2D eigenvalue weighted by atomic mass is 35.5. The first-order valence-electron chi connectivity index (χ1n) is 10.1. The van der Waals surface area contributed by atoms with Gasteiger partial charge in [-0.25, -0.2) is 18.4 Å². The van der Waals surface area contributed by atoms with Crippen molar-refractivity contribution in [1.29, 1.82) is 0 Å². The summed E-state index contributed by atoms with van der Waals surface area (Å²) in [5.74, 6) is 1.45. The summed E-state index contributed by atoms with van der Waals surface area (Å²) in [7, 11) is 1.34. The average molecular weight is 527 g/mol. The molecule has 3 aromatic rings. The van der Waals surface area contributed by atoms with Crippen LogP contribution in [0.1, 0.15) is 26.3 Å². The fraction of sp³-hybridized carbons (Fsp3) is 0.333. The van der Waals surface area contributed by atoms with Gasteiger partial charge in [-0.15, -0.1) is 0 Å². The molecule has 10 nitrogen and oxygen atoms in total. The van der Waals surface area contributed by atoms with Crippen LogP contribution >= 0.6 is 23.2 Å². The maximum absolute atomic E-state index is 12.5. The van der Waals surface area contributed by atoms with E-state index in [2.05, 4.69) is 61.4 Å². The van der Waals surface area contributed by atoms with Gasteiger partial charge in [-0.3, -0.25) is 4.72 Å². The minimum absolute atomic E-state index is 0.0359. The predicted molar refractivity (Wildman–Crippen MR) is 139 cm³/mol. The Bertz CT molecular complexity index is 1170. The van der Waals surface area contributed by atoms with Crippen LogP contribution in [0.15, 0.2) is 41.3 Å². The predicted octanol–water partition coefficient (Wildman–Crippen LogP) is 4.48. The Balaban J connectivity index is 0.000000340. The van der Waals surface area contributed by atoms with Gasteiger partial charge >= 0.3 is 0 Å². The summed E-state index contributed by atoms with van der Waals surface area (Å²) in [6, 6.07) is 9.86. The smallest absolute Gasteiger partial charge is 0.263 e. The van der Waals surface area contributed by atoms with E-state index < -0.39 is 10.0 Å². The number of benzene rings is 1. The molecule has 0 amide bonds. The maximum atomic E-state index is 12.5. The lowest BCUT2D eigenvalue weighted by Gasteiger charge is -2.19. The molecule has 0 fully saturated rings. The molecule has 0 unspecified atom stereocenters. The topological polar surface area (TPSA) is 134 Å². The lowest BCUT2D eigenvalue weighted by atomic mass is 9.87. The number of hydrogen-bond acceptors (Lipinski definition) is 9. The van der Waals surface area contributed by atoms with Gasteiger partial charge < -0.3 is 16.0 Å². The Hall–Kier alpha value is -2.89. The maximum Gasteiger partial charge on any atom is 0.263 e. The third kappa shape index (κ3) is 7.86. The lowest BCUT2D eigenvalue weighted by Crippen LogP contribution is -2.16. The van der Waals surface area contributed by atoms with E-state index in [-0.39, 0.29) is 16.1 Å². The van der Waals surface area contributed by atoms with Gasteiger partial charge in [-0.05, 0) is 23.1 Å². The number of nitrogens with zero attached hydrogens (tertiary/aromatic N) is 4. The summed E-state index contributed by atoms with van der Waals surface area (Å²) >= 11 is 11.1. The highest BCUT2D eigenvalue weighted by molar-refractivity contribution is 7.92. The zero-order chi connectivity index (χ0) is 25.5. The number of sulfonamides is 1. The molecule has 0 radical (unpaired) electrons.